The fraction of sp³-hybridized carbons (Fsp3) is 0.938. The lowest BCUT2D eigenvalue weighted by molar-refractivity contribution is -0.147. The van der Waals surface area contributed by atoms with E-state index in [1.54, 1.807) is 0 Å². The Balaban J connectivity index is 1.91. The number of hydrogen-bond donors (Lipinski definition) is 1. The van der Waals surface area contributed by atoms with E-state index in [4.69, 9.17) is 0 Å². The van der Waals surface area contributed by atoms with E-state index in [2.05, 4.69) is 20.8 Å². The quantitative estimate of drug-likeness (QED) is 0.830. The summed E-state index contributed by atoms with van der Waals surface area (Å²) in [4.78, 5) is 11.5. The number of aliphatic carboxylic acids is 1. The minimum absolute atomic E-state index is 0.0408. The van der Waals surface area contributed by atoms with Gasteiger partial charge in [-0.15, -0.1) is 0 Å². The average Bonchev–Trinajstić information content (AvgIpc) is 2.95. The highest BCUT2D eigenvalue weighted by atomic mass is 16.4. The molecule has 0 radical (unpaired) electrons. The van der Waals surface area contributed by atoms with Crippen LogP contribution in [0, 0.1) is 47.3 Å². The van der Waals surface area contributed by atoms with Gasteiger partial charge in [0, 0.05) is 0 Å². The maximum absolute atomic E-state index is 11.5. The molecule has 18 heavy (non-hydrogen) atoms. The molecule has 2 nitrogen and oxygen atoms in total. The molecular weight excluding hydrogens is 224 g/mol. The van der Waals surface area contributed by atoms with Crippen LogP contribution >= 0.6 is 0 Å². The number of carboxylic acids is 1. The molecule has 3 fully saturated rings. The van der Waals surface area contributed by atoms with Crippen LogP contribution in [0.4, 0.5) is 0 Å². The molecule has 3 rings (SSSR count). The van der Waals surface area contributed by atoms with Gasteiger partial charge in [-0.25, -0.2) is 0 Å². The second-order valence-electron chi connectivity index (χ2n) is 7.01. The fourth-order valence-corrected chi connectivity index (χ4v) is 6.12. The first-order valence-electron chi connectivity index (χ1n) is 7.82. The zero-order valence-electron chi connectivity index (χ0n) is 11.8. The molecule has 0 aromatic rings. The van der Waals surface area contributed by atoms with Gasteiger partial charge in [-0.05, 0) is 54.3 Å². The van der Waals surface area contributed by atoms with E-state index in [-0.39, 0.29) is 5.92 Å². The molecule has 1 N–H and O–H groups in total. The predicted octanol–water partition coefficient (Wildman–Crippen LogP) is 3.66. The zero-order valence-corrected chi connectivity index (χ0v) is 11.8. The summed E-state index contributed by atoms with van der Waals surface area (Å²) in [6.45, 7) is 6.82. The standard InChI is InChI=1S/C16H26O2/c1-4-9-6-10(5-2)15-12-7-11(14(9)15)8(3)13(12)16(17)18/h8-15H,4-7H2,1-3H3,(H,17,18). The Morgan fingerprint density at radius 3 is 2.11 bits per heavy atom. The van der Waals surface area contributed by atoms with Crippen LogP contribution in [0.25, 0.3) is 0 Å². The Morgan fingerprint density at radius 1 is 1.06 bits per heavy atom. The van der Waals surface area contributed by atoms with E-state index < -0.39 is 5.97 Å². The third-order valence-corrected chi connectivity index (χ3v) is 6.71. The number of hydrogen-bond acceptors (Lipinski definition) is 1. The highest BCUT2D eigenvalue weighted by Gasteiger charge is 2.63. The molecule has 8 atom stereocenters. The van der Waals surface area contributed by atoms with Crippen molar-refractivity contribution >= 4 is 5.97 Å². The van der Waals surface area contributed by atoms with Gasteiger partial charge in [0.1, 0.15) is 0 Å². The first-order valence-corrected chi connectivity index (χ1v) is 7.82. The van der Waals surface area contributed by atoms with Gasteiger partial charge in [0.15, 0.2) is 0 Å². The summed E-state index contributed by atoms with van der Waals surface area (Å²) in [6, 6.07) is 0. The van der Waals surface area contributed by atoms with Crippen LogP contribution in [-0.2, 0) is 4.79 Å². The highest BCUT2D eigenvalue weighted by Crippen LogP contribution is 2.67. The van der Waals surface area contributed by atoms with Gasteiger partial charge in [0.2, 0.25) is 0 Å². The summed E-state index contributed by atoms with van der Waals surface area (Å²) >= 11 is 0. The largest absolute Gasteiger partial charge is 0.481 e. The van der Waals surface area contributed by atoms with Crippen molar-refractivity contribution in [1.29, 1.82) is 0 Å². The van der Waals surface area contributed by atoms with Gasteiger partial charge in [-0.2, -0.15) is 0 Å². The molecule has 3 aliphatic carbocycles. The normalized spacial score (nSPS) is 53.7. The lowest BCUT2D eigenvalue weighted by Crippen LogP contribution is -2.38. The SMILES string of the molecule is CCC1CC(CC)C2C3CC(C(C)C3C(=O)O)C12. The molecule has 0 saturated heterocycles. The van der Waals surface area contributed by atoms with Crippen molar-refractivity contribution in [3.05, 3.63) is 0 Å². The van der Waals surface area contributed by atoms with Crippen LogP contribution in [0.1, 0.15) is 46.5 Å². The molecule has 0 aliphatic heterocycles. The molecule has 2 heteroatoms. The minimum atomic E-state index is -0.525. The molecule has 0 spiro atoms. The summed E-state index contributed by atoms with van der Waals surface area (Å²) in [5.74, 6) is 4.34. The monoisotopic (exact) mass is 250 g/mol. The second kappa shape index (κ2) is 4.25. The molecule has 8 unspecified atom stereocenters. The number of fused-ring (bicyclic) bond motifs is 5. The smallest absolute Gasteiger partial charge is 0.307 e. The third kappa shape index (κ3) is 1.44. The molecule has 3 saturated carbocycles. The molecule has 102 valence electrons. The van der Waals surface area contributed by atoms with Crippen molar-refractivity contribution in [2.75, 3.05) is 0 Å². The Hall–Kier alpha value is -0.530. The van der Waals surface area contributed by atoms with E-state index in [0.29, 0.717) is 17.8 Å². The predicted molar refractivity (Wildman–Crippen MR) is 71.0 cm³/mol. The van der Waals surface area contributed by atoms with Crippen molar-refractivity contribution in [2.45, 2.75) is 46.5 Å². The maximum atomic E-state index is 11.5. The van der Waals surface area contributed by atoms with Crippen LogP contribution < -0.4 is 0 Å². The molecule has 0 amide bonds. The van der Waals surface area contributed by atoms with E-state index in [0.717, 1.165) is 23.7 Å². The van der Waals surface area contributed by atoms with E-state index in [9.17, 15) is 9.90 Å². The summed E-state index contributed by atoms with van der Waals surface area (Å²) < 4.78 is 0. The average molecular weight is 250 g/mol. The van der Waals surface area contributed by atoms with Crippen molar-refractivity contribution in [2.24, 2.45) is 47.3 Å². The van der Waals surface area contributed by atoms with E-state index in [1.807, 2.05) is 0 Å². The summed E-state index contributed by atoms with van der Waals surface area (Å²) in [5.41, 5.74) is 0. The Bertz CT molecular complexity index is 351. The number of rotatable bonds is 3. The molecular formula is C16H26O2. The molecule has 2 bridgehead atoms. The summed E-state index contributed by atoms with van der Waals surface area (Å²) in [7, 11) is 0. The van der Waals surface area contributed by atoms with Gasteiger partial charge in [0.05, 0.1) is 5.92 Å². The zero-order chi connectivity index (χ0) is 13.0. The third-order valence-electron chi connectivity index (χ3n) is 6.71. The minimum Gasteiger partial charge on any atom is -0.481 e. The fourth-order valence-electron chi connectivity index (χ4n) is 6.12. The second-order valence-corrected chi connectivity index (χ2v) is 7.01. The van der Waals surface area contributed by atoms with Gasteiger partial charge >= 0.3 is 5.97 Å². The number of carboxylic acid groups (broad SMARTS) is 1. The van der Waals surface area contributed by atoms with Gasteiger partial charge < -0.3 is 5.11 Å². The van der Waals surface area contributed by atoms with Gasteiger partial charge in [0.25, 0.3) is 0 Å². The van der Waals surface area contributed by atoms with E-state index in [1.165, 1.54) is 25.7 Å². The molecule has 3 aliphatic rings. The Morgan fingerprint density at radius 2 is 1.61 bits per heavy atom. The Kier molecular flexibility index (Phi) is 2.95. The van der Waals surface area contributed by atoms with Gasteiger partial charge in [-0.3, -0.25) is 4.79 Å². The van der Waals surface area contributed by atoms with Crippen LogP contribution in [0.5, 0.6) is 0 Å². The number of carbonyl (C=O) groups is 1. The summed E-state index contributed by atoms with van der Waals surface area (Å²) in [5, 5.41) is 9.51. The first kappa shape index (κ1) is 12.5. The highest BCUT2D eigenvalue weighted by molar-refractivity contribution is 5.71. The van der Waals surface area contributed by atoms with E-state index >= 15 is 0 Å². The summed E-state index contributed by atoms with van der Waals surface area (Å²) in [6.07, 6.45) is 5.13. The molecule has 0 heterocycles. The first-order chi connectivity index (χ1) is 8.60. The van der Waals surface area contributed by atoms with Crippen LogP contribution in [-0.4, -0.2) is 11.1 Å². The molecule has 0 aromatic heterocycles. The lowest BCUT2D eigenvalue weighted by Gasteiger charge is -2.38. The van der Waals surface area contributed by atoms with Crippen molar-refractivity contribution in [3.8, 4) is 0 Å². The van der Waals surface area contributed by atoms with Crippen molar-refractivity contribution in [3.63, 3.8) is 0 Å². The van der Waals surface area contributed by atoms with Crippen molar-refractivity contribution < 1.29 is 9.90 Å². The maximum Gasteiger partial charge on any atom is 0.307 e. The van der Waals surface area contributed by atoms with Crippen LogP contribution in [0.15, 0.2) is 0 Å². The lowest BCUT2D eigenvalue weighted by atomic mass is 9.66. The van der Waals surface area contributed by atoms with Crippen LogP contribution in [0.3, 0.4) is 0 Å². The van der Waals surface area contributed by atoms with Crippen LogP contribution in [0.2, 0.25) is 0 Å². The van der Waals surface area contributed by atoms with Gasteiger partial charge in [-0.1, -0.05) is 33.6 Å². The van der Waals surface area contributed by atoms with Crippen molar-refractivity contribution in [1.82, 2.24) is 0 Å². The molecule has 0 aromatic carbocycles. The topological polar surface area (TPSA) is 37.3 Å². The Labute approximate surface area is 110 Å².